The molecule has 1 fully saturated rings. The number of nitrogens with zero attached hydrogens (tertiary/aromatic N) is 1. The van der Waals surface area contributed by atoms with Gasteiger partial charge in [-0.3, -0.25) is 0 Å². The zero-order chi connectivity index (χ0) is 6.53. The molecule has 0 amide bonds. The molecule has 0 aromatic heterocycles. The van der Waals surface area contributed by atoms with Gasteiger partial charge >= 0.3 is 0 Å². The topological polar surface area (TPSA) is 23.5 Å². The molecule has 0 bridgehead atoms. The molecule has 0 aromatic carbocycles. The quantitative estimate of drug-likeness (QED) is 0.590. The Balaban J connectivity index is 1.98. The van der Waals surface area contributed by atoms with E-state index in [0.717, 1.165) is 6.54 Å². The van der Waals surface area contributed by atoms with Gasteiger partial charge in [-0.15, -0.1) is 0 Å². The first kappa shape index (κ1) is 7.03. The minimum absolute atomic E-state index is 0.219. The van der Waals surface area contributed by atoms with Crippen LogP contribution in [0.25, 0.3) is 0 Å². The Hall–Kier alpha value is -0.0800. The average Bonchev–Trinajstić information content (AvgIpc) is 2.34. The fraction of sp³-hybridized carbons (Fsp3) is 0.857. The molecule has 1 heterocycles. The largest absolute Gasteiger partial charge is 0.396 e. The number of aliphatic hydroxyl groups excluding tert-OH is 1. The lowest BCUT2D eigenvalue weighted by Gasteiger charge is -2.11. The van der Waals surface area contributed by atoms with E-state index >= 15 is 0 Å². The van der Waals surface area contributed by atoms with E-state index in [1.165, 1.54) is 25.9 Å². The summed E-state index contributed by atoms with van der Waals surface area (Å²) in [5.74, 6) is 0. The minimum Gasteiger partial charge on any atom is -0.396 e. The molecular formula is C7H14NO. The van der Waals surface area contributed by atoms with Crippen LogP contribution in [0.1, 0.15) is 12.8 Å². The predicted octanol–water partition coefficient (Wildman–Crippen LogP) is 0.279. The molecule has 1 saturated heterocycles. The highest BCUT2D eigenvalue weighted by atomic mass is 16.3. The maximum atomic E-state index is 8.44. The molecule has 0 aliphatic carbocycles. The van der Waals surface area contributed by atoms with Crippen LogP contribution in [-0.4, -0.2) is 36.2 Å². The van der Waals surface area contributed by atoms with Gasteiger partial charge in [0.25, 0.3) is 0 Å². The smallest absolute Gasteiger partial charge is 0.0475 e. The second kappa shape index (κ2) is 3.85. The van der Waals surface area contributed by atoms with Crippen molar-refractivity contribution in [2.45, 2.75) is 12.8 Å². The highest BCUT2D eigenvalue weighted by Gasteiger charge is 2.09. The first-order valence-corrected chi connectivity index (χ1v) is 3.58. The third-order valence-electron chi connectivity index (χ3n) is 1.72. The lowest BCUT2D eigenvalue weighted by molar-refractivity contribution is 0.294. The van der Waals surface area contributed by atoms with Crippen LogP contribution >= 0.6 is 0 Å². The normalized spacial score (nSPS) is 21.0. The number of hydrogen-bond donors (Lipinski definition) is 1. The third kappa shape index (κ3) is 2.33. The number of aliphatic hydroxyl groups is 1. The van der Waals surface area contributed by atoms with E-state index in [1.54, 1.807) is 0 Å². The molecule has 2 heteroatoms. The molecule has 1 aliphatic heterocycles. The van der Waals surface area contributed by atoms with E-state index in [-0.39, 0.29) is 6.61 Å². The molecule has 2 nitrogen and oxygen atoms in total. The van der Waals surface area contributed by atoms with Gasteiger partial charge in [0.15, 0.2) is 0 Å². The summed E-state index contributed by atoms with van der Waals surface area (Å²) in [5, 5.41) is 8.44. The molecule has 0 atom stereocenters. The first-order valence-electron chi connectivity index (χ1n) is 3.58. The zero-order valence-electron chi connectivity index (χ0n) is 5.71. The van der Waals surface area contributed by atoms with Gasteiger partial charge in [-0.2, -0.15) is 0 Å². The average molecular weight is 128 g/mol. The molecule has 1 aliphatic rings. The minimum atomic E-state index is 0.219. The molecule has 0 aromatic rings. The van der Waals surface area contributed by atoms with E-state index in [0.29, 0.717) is 0 Å². The van der Waals surface area contributed by atoms with Gasteiger partial charge in [-0.1, -0.05) is 0 Å². The first-order chi connectivity index (χ1) is 4.43. The Kier molecular flexibility index (Phi) is 3.01. The van der Waals surface area contributed by atoms with Gasteiger partial charge in [0, 0.05) is 19.6 Å². The van der Waals surface area contributed by atoms with Crippen molar-refractivity contribution in [2.24, 2.45) is 0 Å². The van der Waals surface area contributed by atoms with Crippen molar-refractivity contribution in [3.63, 3.8) is 0 Å². The number of rotatable bonds is 3. The van der Waals surface area contributed by atoms with Gasteiger partial charge in [-0.25, -0.2) is 0 Å². The van der Waals surface area contributed by atoms with Crippen molar-refractivity contribution in [2.75, 3.05) is 26.2 Å². The lowest BCUT2D eigenvalue weighted by Crippen LogP contribution is -2.21. The SMILES string of the molecule is OC[CH]CN1CCCC1. The van der Waals surface area contributed by atoms with Crippen molar-refractivity contribution in [3.05, 3.63) is 6.42 Å². The van der Waals surface area contributed by atoms with Crippen molar-refractivity contribution in [3.8, 4) is 0 Å². The van der Waals surface area contributed by atoms with Gasteiger partial charge in [0.1, 0.15) is 0 Å². The van der Waals surface area contributed by atoms with Crippen LogP contribution < -0.4 is 0 Å². The summed E-state index contributed by atoms with van der Waals surface area (Å²) in [6.45, 7) is 3.62. The molecule has 53 valence electrons. The van der Waals surface area contributed by atoms with Crippen LogP contribution in [0.2, 0.25) is 0 Å². The standard InChI is InChI=1S/C7H14NO/c9-7-3-6-8-4-1-2-5-8/h3,9H,1-2,4-7H2. The van der Waals surface area contributed by atoms with Gasteiger partial charge in [0.05, 0.1) is 0 Å². The third-order valence-corrected chi connectivity index (χ3v) is 1.72. The van der Waals surface area contributed by atoms with Crippen LogP contribution in [0.3, 0.4) is 0 Å². The van der Waals surface area contributed by atoms with Crippen LogP contribution in [0, 0.1) is 6.42 Å². The summed E-state index contributed by atoms with van der Waals surface area (Å²) in [7, 11) is 0. The second-order valence-corrected chi connectivity index (χ2v) is 2.48. The summed E-state index contributed by atoms with van der Waals surface area (Å²) in [4.78, 5) is 2.36. The second-order valence-electron chi connectivity index (χ2n) is 2.48. The highest BCUT2D eigenvalue weighted by molar-refractivity contribution is 4.73. The molecule has 9 heavy (non-hydrogen) atoms. The van der Waals surface area contributed by atoms with Gasteiger partial charge < -0.3 is 10.0 Å². The van der Waals surface area contributed by atoms with E-state index in [4.69, 9.17) is 5.11 Å². The molecule has 1 N–H and O–H groups in total. The van der Waals surface area contributed by atoms with E-state index < -0.39 is 0 Å². The maximum Gasteiger partial charge on any atom is 0.0475 e. The highest BCUT2D eigenvalue weighted by Crippen LogP contribution is 2.06. The Labute approximate surface area is 56.5 Å². The Morgan fingerprint density at radius 3 is 2.56 bits per heavy atom. The molecule has 1 rings (SSSR count). The Bertz CT molecular complexity index is 69.3. The summed E-state index contributed by atoms with van der Waals surface area (Å²) >= 11 is 0. The predicted molar refractivity (Wildman–Crippen MR) is 37.1 cm³/mol. The van der Waals surface area contributed by atoms with Gasteiger partial charge in [0.2, 0.25) is 0 Å². The Morgan fingerprint density at radius 2 is 2.00 bits per heavy atom. The molecule has 0 spiro atoms. The summed E-state index contributed by atoms with van der Waals surface area (Å²) in [5.41, 5.74) is 0. The Morgan fingerprint density at radius 1 is 1.33 bits per heavy atom. The monoisotopic (exact) mass is 128 g/mol. The lowest BCUT2D eigenvalue weighted by atomic mass is 10.4. The molecule has 1 radical (unpaired) electrons. The van der Waals surface area contributed by atoms with Crippen LogP contribution in [0.15, 0.2) is 0 Å². The maximum absolute atomic E-state index is 8.44. The van der Waals surface area contributed by atoms with Crippen LogP contribution in [0.5, 0.6) is 0 Å². The molecular weight excluding hydrogens is 114 g/mol. The van der Waals surface area contributed by atoms with E-state index in [2.05, 4.69) is 4.90 Å². The van der Waals surface area contributed by atoms with Crippen molar-refractivity contribution < 1.29 is 5.11 Å². The zero-order valence-corrected chi connectivity index (χ0v) is 5.71. The number of hydrogen-bond acceptors (Lipinski definition) is 2. The molecule has 0 unspecified atom stereocenters. The van der Waals surface area contributed by atoms with Gasteiger partial charge in [-0.05, 0) is 25.9 Å². The summed E-state index contributed by atoms with van der Waals surface area (Å²) in [6.07, 6.45) is 4.57. The fourth-order valence-corrected chi connectivity index (χ4v) is 1.21. The number of likely N-dealkylation sites (tertiary alicyclic amines) is 1. The summed E-state index contributed by atoms with van der Waals surface area (Å²) < 4.78 is 0. The van der Waals surface area contributed by atoms with Crippen LogP contribution in [-0.2, 0) is 0 Å². The van der Waals surface area contributed by atoms with E-state index in [9.17, 15) is 0 Å². The van der Waals surface area contributed by atoms with Crippen LogP contribution in [0.4, 0.5) is 0 Å². The van der Waals surface area contributed by atoms with Crippen molar-refractivity contribution >= 4 is 0 Å². The fourth-order valence-electron chi connectivity index (χ4n) is 1.21. The van der Waals surface area contributed by atoms with E-state index in [1.807, 2.05) is 6.42 Å². The molecule has 0 saturated carbocycles. The van der Waals surface area contributed by atoms with Crippen molar-refractivity contribution in [1.29, 1.82) is 0 Å². The summed E-state index contributed by atoms with van der Waals surface area (Å²) in [6, 6.07) is 0. The van der Waals surface area contributed by atoms with Crippen molar-refractivity contribution in [1.82, 2.24) is 4.90 Å².